The summed E-state index contributed by atoms with van der Waals surface area (Å²) in [6.45, 7) is 11.0. The minimum absolute atomic E-state index is 0.0541. The summed E-state index contributed by atoms with van der Waals surface area (Å²) in [5.41, 5.74) is 0. The third kappa shape index (κ3) is 4.09. The van der Waals surface area contributed by atoms with Gasteiger partial charge in [0.1, 0.15) is 12.2 Å². The number of hydrogen-bond acceptors (Lipinski definition) is 3. The summed E-state index contributed by atoms with van der Waals surface area (Å²) < 4.78 is 12.5. The standard InChI is InChI=1S/C23H30O3Si/c1-5-12-20(24)22-21(26-22)17-25-27(23(2,3)4,18-13-8-6-9-14-18)19-15-10-7-11-16-19/h5-11,13-16,20-22,24H,1,12,17H2,2-4H3/t20-,21-,22+/m1/s1. The van der Waals surface area contributed by atoms with E-state index in [0.29, 0.717) is 13.0 Å². The molecule has 3 rings (SSSR count). The molecule has 4 heteroatoms. The molecule has 2 aromatic rings. The summed E-state index contributed by atoms with van der Waals surface area (Å²) in [5, 5.41) is 12.6. The molecule has 1 aliphatic rings. The second kappa shape index (κ2) is 8.11. The molecule has 0 aliphatic carbocycles. The van der Waals surface area contributed by atoms with Crippen LogP contribution in [0.25, 0.3) is 0 Å². The maximum atomic E-state index is 10.1. The Bertz CT molecular complexity index is 700. The summed E-state index contributed by atoms with van der Waals surface area (Å²) >= 11 is 0. The quantitative estimate of drug-likeness (QED) is 0.433. The average molecular weight is 383 g/mol. The van der Waals surface area contributed by atoms with Crippen molar-refractivity contribution in [3.63, 3.8) is 0 Å². The zero-order valence-corrected chi connectivity index (χ0v) is 17.5. The molecule has 0 bridgehead atoms. The minimum atomic E-state index is -2.54. The molecule has 0 radical (unpaired) electrons. The van der Waals surface area contributed by atoms with E-state index in [9.17, 15) is 5.11 Å². The monoisotopic (exact) mass is 382 g/mol. The molecule has 1 aliphatic heterocycles. The number of epoxide rings is 1. The van der Waals surface area contributed by atoms with Crippen LogP contribution in [0, 0.1) is 0 Å². The van der Waals surface area contributed by atoms with Crippen LogP contribution in [0.1, 0.15) is 27.2 Å². The number of rotatable bonds is 8. The van der Waals surface area contributed by atoms with E-state index in [4.69, 9.17) is 9.16 Å². The van der Waals surface area contributed by atoms with Gasteiger partial charge in [-0.2, -0.15) is 0 Å². The molecule has 1 heterocycles. The molecule has 1 saturated heterocycles. The smallest absolute Gasteiger partial charge is 0.261 e. The van der Waals surface area contributed by atoms with E-state index in [1.54, 1.807) is 6.08 Å². The van der Waals surface area contributed by atoms with E-state index in [2.05, 4.69) is 75.9 Å². The van der Waals surface area contributed by atoms with Crippen molar-refractivity contribution in [2.45, 2.75) is 50.5 Å². The Morgan fingerprint density at radius 3 is 2.04 bits per heavy atom. The van der Waals surface area contributed by atoms with Crippen molar-refractivity contribution in [1.29, 1.82) is 0 Å². The molecule has 0 saturated carbocycles. The molecule has 144 valence electrons. The lowest BCUT2D eigenvalue weighted by Gasteiger charge is -2.43. The van der Waals surface area contributed by atoms with Gasteiger partial charge in [-0.3, -0.25) is 0 Å². The van der Waals surface area contributed by atoms with Gasteiger partial charge in [0.05, 0.1) is 12.7 Å². The molecule has 2 aromatic carbocycles. The van der Waals surface area contributed by atoms with Crippen LogP contribution in [0.2, 0.25) is 5.04 Å². The molecule has 0 spiro atoms. The van der Waals surface area contributed by atoms with Crippen molar-refractivity contribution in [2.24, 2.45) is 0 Å². The average Bonchev–Trinajstić information content (AvgIpc) is 3.43. The maximum Gasteiger partial charge on any atom is 0.261 e. The lowest BCUT2D eigenvalue weighted by Crippen LogP contribution is -2.66. The number of ether oxygens (including phenoxy) is 1. The van der Waals surface area contributed by atoms with E-state index in [1.165, 1.54) is 10.4 Å². The number of benzene rings is 2. The summed E-state index contributed by atoms with van der Waals surface area (Å²) in [6, 6.07) is 21.1. The van der Waals surface area contributed by atoms with Crippen molar-refractivity contribution in [3.8, 4) is 0 Å². The first-order valence-corrected chi connectivity index (χ1v) is 11.5. The van der Waals surface area contributed by atoms with Crippen molar-refractivity contribution >= 4 is 18.7 Å². The molecular formula is C23H30O3Si. The first-order chi connectivity index (χ1) is 12.9. The SMILES string of the molecule is C=CC[C@@H](O)[C@@H]1O[C@@H]1CO[Si](c1ccccc1)(c1ccccc1)C(C)(C)C. The van der Waals surface area contributed by atoms with Crippen molar-refractivity contribution in [1.82, 2.24) is 0 Å². The van der Waals surface area contributed by atoms with Gasteiger partial charge in [-0.1, -0.05) is 87.5 Å². The van der Waals surface area contributed by atoms with Gasteiger partial charge < -0.3 is 14.3 Å². The molecule has 0 unspecified atom stereocenters. The van der Waals surface area contributed by atoms with Gasteiger partial charge in [0.25, 0.3) is 8.32 Å². The van der Waals surface area contributed by atoms with Crippen LogP contribution in [0.3, 0.4) is 0 Å². The Morgan fingerprint density at radius 2 is 1.59 bits per heavy atom. The topological polar surface area (TPSA) is 42.0 Å². The Morgan fingerprint density at radius 1 is 1.07 bits per heavy atom. The molecule has 3 nitrogen and oxygen atoms in total. The van der Waals surface area contributed by atoms with Gasteiger partial charge >= 0.3 is 0 Å². The van der Waals surface area contributed by atoms with E-state index in [0.717, 1.165) is 0 Å². The van der Waals surface area contributed by atoms with E-state index in [-0.39, 0.29) is 17.2 Å². The zero-order valence-electron chi connectivity index (χ0n) is 16.5. The predicted molar refractivity (Wildman–Crippen MR) is 113 cm³/mol. The normalized spacial score (nSPS) is 20.9. The predicted octanol–water partition coefficient (Wildman–Crippen LogP) is 3.27. The van der Waals surface area contributed by atoms with Gasteiger partial charge in [0, 0.05) is 0 Å². The minimum Gasteiger partial charge on any atom is -0.405 e. The molecule has 3 atom stereocenters. The van der Waals surface area contributed by atoms with Crippen molar-refractivity contribution in [3.05, 3.63) is 73.3 Å². The highest BCUT2D eigenvalue weighted by Crippen LogP contribution is 2.38. The fourth-order valence-corrected chi connectivity index (χ4v) is 8.47. The van der Waals surface area contributed by atoms with Crippen molar-refractivity contribution in [2.75, 3.05) is 6.61 Å². The highest BCUT2D eigenvalue weighted by molar-refractivity contribution is 6.99. The summed E-state index contributed by atoms with van der Waals surface area (Å²) in [5.74, 6) is 0. The van der Waals surface area contributed by atoms with Crippen LogP contribution in [-0.4, -0.2) is 38.3 Å². The lowest BCUT2D eigenvalue weighted by molar-refractivity contribution is 0.138. The molecule has 0 aromatic heterocycles. The first kappa shape index (κ1) is 20.0. The van der Waals surface area contributed by atoms with Crippen LogP contribution < -0.4 is 10.4 Å². The number of hydrogen-bond donors (Lipinski definition) is 1. The molecule has 27 heavy (non-hydrogen) atoms. The Kier molecular flexibility index (Phi) is 6.01. The molecule has 1 fully saturated rings. The van der Waals surface area contributed by atoms with Gasteiger partial charge in [-0.15, -0.1) is 6.58 Å². The Labute approximate surface area is 163 Å². The maximum absolute atomic E-state index is 10.1. The van der Waals surface area contributed by atoms with E-state index in [1.807, 2.05) is 12.1 Å². The Hall–Kier alpha value is -1.72. The number of aliphatic hydroxyl groups excluding tert-OH is 1. The third-order valence-electron chi connectivity index (χ3n) is 5.29. The largest absolute Gasteiger partial charge is 0.405 e. The summed E-state index contributed by atoms with van der Waals surface area (Å²) in [4.78, 5) is 0. The number of aliphatic hydroxyl groups is 1. The fourth-order valence-electron chi connectivity index (χ4n) is 3.90. The third-order valence-corrected chi connectivity index (χ3v) is 10.3. The van der Waals surface area contributed by atoms with Gasteiger partial charge in [-0.25, -0.2) is 0 Å². The van der Waals surface area contributed by atoms with E-state index < -0.39 is 14.4 Å². The van der Waals surface area contributed by atoms with E-state index >= 15 is 0 Å². The molecule has 1 N–H and O–H groups in total. The summed E-state index contributed by atoms with van der Waals surface area (Å²) in [6.07, 6.45) is 1.56. The highest BCUT2D eigenvalue weighted by atomic mass is 28.4. The van der Waals surface area contributed by atoms with Gasteiger partial charge in [0.15, 0.2) is 0 Å². The van der Waals surface area contributed by atoms with Crippen LogP contribution in [0.15, 0.2) is 73.3 Å². The first-order valence-electron chi connectivity index (χ1n) is 9.59. The Balaban J connectivity index is 1.92. The van der Waals surface area contributed by atoms with Gasteiger partial charge in [-0.05, 0) is 21.8 Å². The molecule has 0 amide bonds. The van der Waals surface area contributed by atoms with Crippen LogP contribution >= 0.6 is 0 Å². The second-order valence-electron chi connectivity index (χ2n) is 8.21. The van der Waals surface area contributed by atoms with Crippen molar-refractivity contribution < 1.29 is 14.3 Å². The fraction of sp³-hybridized carbons (Fsp3) is 0.391. The molecular weight excluding hydrogens is 352 g/mol. The highest BCUT2D eigenvalue weighted by Gasteiger charge is 2.52. The van der Waals surface area contributed by atoms with Gasteiger partial charge in [0.2, 0.25) is 0 Å². The van der Waals surface area contributed by atoms with Crippen LogP contribution in [-0.2, 0) is 9.16 Å². The van der Waals surface area contributed by atoms with Crippen LogP contribution in [0.5, 0.6) is 0 Å². The van der Waals surface area contributed by atoms with Crippen LogP contribution in [0.4, 0.5) is 0 Å². The lowest BCUT2D eigenvalue weighted by atomic mass is 10.1. The second-order valence-corrected chi connectivity index (χ2v) is 12.5. The zero-order chi connectivity index (χ0) is 19.5. The summed E-state index contributed by atoms with van der Waals surface area (Å²) in [7, 11) is -2.54.